The van der Waals surface area contributed by atoms with Gasteiger partial charge in [-0.25, -0.2) is 4.98 Å². The number of pyridine rings is 2. The Kier molecular flexibility index (Phi) is 3.28. The molecule has 1 aromatic carbocycles. The summed E-state index contributed by atoms with van der Waals surface area (Å²) in [6.45, 7) is 1.89. The molecule has 122 valence electrons. The van der Waals surface area contributed by atoms with Gasteiger partial charge < -0.3 is 4.74 Å². The summed E-state index contributed by atoms with van der Waals surface area (Å²) in [6, 6.07) is 10.9. The zero-order valence-electron chi connectivity index (χ0n) is 13.4. The van der Waals surface area contributed by atoms with Crippen LogP contribution >= 0.6 is 0 Å². The molecule has 0 saturated heterocycles. The van der Waals surface area contributed by atoms with Crippen molar-refractivity contribution in [3.05, 3.63) is 58.5 Å². The maximum atomic E-state index is 13.1. The first-order valence-corrected chi connectivity index (χ1v) is 7.77. The van der Waals surface area contributed by atoms with E-state index in [1.807, 2.05) is 31.2 Å². The van der Waals surface area contributed by atoms with Gasteiger partial charge in [0.15, 0.2) is 0 Å². The van der Waals surface area contributed by atoms with E-state index in [2.05, 4.69) is 4.98 Å². The molecule has 3 aromatic rings. The normalized spacial score (nSPS) is 16.5. The molecule has 0 saturated carbocycles. The third kappa shape index (κ3) is 2.00. The van der Waals surface area contributed by atoms with Crippen LogP contribution in [0, 0.1) is 0 Å². The number of hydroxylamine groups is 1. The lowest BCUT2D eigenvalue weighted by Crippen LogP contribution is -2.25. The van der Waals surface area contributed by atoms with Crippen LogP contribution in [-0.4, -0.2) is 27.9 Å². The first-order chi connectivity index (χ1) is 11.6. The van der Waals surface area contributed by atoms with Gasteiger partial charge in [0.2, 0.25) is 0 Å². The van der Waals surface area contributed by atoms with Crippen molar-refractivity contribution >= 4 is 16.7 Å². The van der Waals surface area contributed by atoms with Crippen LogP contribution in [0.1, 0.15) is 12.5 Å². The number of fused-ring (bicyclic) bond motifs is 3. The van der Waals surface area contributed by atoms with Crippen molar-refractivity contribution in [1.82, 2.24) is 9.55 Å². The minimum atomic E-state index is -0.159. The number of nitrogens with zero attached hydrogens (tertiary/aromatic N) is 3. The van der Waals surface area contributed by atoms with E-state index in [4.69, 9.17) is 4.74 Å². The Morgan fingerprint density at radius 1 is 1.29 bits per heavy atom. The highest BCUT2D eigenvalue weighted by molar-refractivity contribution is 5.93. The van der Waals surface area contributed by atoms with Crippen LogP contribution in [0.4, 0.5) is 5.69 Å². The van der Waals surface area contributed by atoms with E-state index < -0.39 is 0 Å². The number of hydrogen-bond donors (Lipinski definition) is 1. The molecule has 0 fully saturated rings. The number of benzene rings is 1. The molecule has 1 aliphatic heterocycles. The van der Waals surface area contributed by atoms with E-state index in [0.29, 0.717) is 34.8 Å². The predicted octanol–water partition coefficient (Wildman–Crippen LogP) is 2.53. The molecule has 1 unspecified atom stereocenters. The minimum Gasteiger partial charge on any atom is -0.497 e. The van der Waals surface area contributed by atoms with Gasteiger partial charge in [0.05, 0.1) is 24.5 Å². The molecule has 6 nitrogen and oxygen atoms in total. The highest BCUT2D eigenvalue weighted by Crippen LogP contribution is 2.35. The smallest absolute Gasteiger partial charge is 0.262 e. The Morgan fingerprint density at radius 3 is 2.92 bits per heavy atom. The molecule has 24 heavy (non-hydrogen) atoms. The highest BCUT2D eigenvalue weighted by Gasteiger charge is 2.31. The minimum absolute atomic E-state index is 0.141. The van der Waals surface area contributed by atoms with Crippen molar-refractivity contribution in [1.29, 1.82) is 0 Å². The molecule has 4 rings (SSSR count). The quantitative estimate of drug-likeness (QED) is 0.785. The van der Waals surface area contributed by atoms with Gasteiger partial charge in [0.1, 0.15) is 11.4 Å². The van der Waals surface area contributed by atoms with Crippen molar-refractivity contribution in [2.45, 2.75) is 19.4 Å². The third-order valence-corrected chi connectivity index (χ3v) is 4.46. The number of anilines is 1. The lowest BCUT2D eigenvalue weighted by molar-refractivity contribution is 0.233. The summed E-state index contributed by atoms with van der Waals surface area (Å²) in [5.41, 5.74) is 2.22. The molecule has 0 bridgehead atoms. The average Bonchev–Trinajstić information content (AvgIpc) is 2.91. The SMILES string of the molecule is COc1cccc(-n2c(=O)c3c(c4cccnc42)N(O)C(C)C3)c1. The van der Waals surface area contributed by atoms with E-state index in [-0.39, 0.29) is 11.6 Å². The van der Waals surface area contributed by atoms with E-state index >= 15 is 0 Å². The third-order valence-electron chi connectivity index (χ3n) is 4.46. The summed E-state index contributed by atoms with van der Waals surface area (Å²) in [6.07, 6.45) is 2.14. The summed E-state index contributed by atoms with van der Waals surface area (Å²) < 4.78 is 6.86. The largest absolute Gasteiger partial charge is 0.497 e. The van der Waals surface area contributed by atoms with E-state index in [1.54, 1.807) is 30.0 Å². The summed E-state index contributed by atoms with van der Waals surface area (Å²) in [7, 11) is 1.59. The van der Waals surface area contributed by atoms with Gasteiger partial charge in [-0.15, -0.1) is 0 Å². The van der Waals surface area contributed by atoms with Gasteiger partial charge in [-0.3, -0.25) is 19.6 Å². The Labute approximate surface area is 138 Å². The van der Waals surface area contributed by atoms with E-state index in [1.165, 1.54) is 5.06 Å². The van der Waals surface area contributed by atoms with Crippen LogP contribution in [0.2, 0.25) is 0 Å². The molecular formula is C18H17N3O3. The fourth-order valence-corrected chi connectivity index (χ4v) is 3.29. The molecule has 2 aromatic heterocycles. The topological polar surface area (TPSA) is 67.6 Å². The summed E-state index contributed by atoms with van der Waals surface area (Å²) in [5, 5.41) is 12.3. The molecule has 0 amide bonds. The summed E-state index contributed by atoms with van der Waals surface area (Å²) in [4.78, 5) is 17.5. The molecule has 1 N–H and O–H groups in total. The Hall–Kier alpha value is -2.86. The second-order valence-electron chi connectivity index (χ2n) is 5.94. The summed E-state index contributed by atoms with van der Waals surface area (Å²) >= 11 is 0. The van der Waals surface area contributed by atoms with Crippen LogP contribution in [0.5, 0.6) is 5.75 Å². The number of rotatable bonds is 2. The molecule has 6 heteroatoms. The lowest BCUT2D eigenvalue weighted by atomic mass is 10.1. The van der Waals surface area contributed by atoms with Crippen LogP contribution in [0.25, 0.3) is 16.7 Å². The second-order valence-corrected chi connectivity index (χ2v) is 5.94. The van der Waals surface area contributed by atoms with Gasteiger partial charge in [-0.1, -0.05) is 6.07 Å². The van der Waals surface area contributed by atoms with Crippen molar-refractivity contribution in [2.24, 2.45) is 0 Å². The van der Waals surface area contributed by atoms with Gasteiger partial charge in [0.25, 0.3) is 5.56 Å². The molecule has 0 aliphatic carbocycles. The predicted molar refractivity (Wildman–Crippen MR) is 91.3 cm³/mol. The molecule has 0 radical (unpaired) electrons. The van der Waals surface area contributed by atoms with Crippen LogP contribution in [0.3, 0.4) is 0 Å². The molecule has 0 spiro atoms. The van der Waals surface area contributed by atoms with Crippen molar-refractivity contribution in [2.75, 3.05) is 12.2 Å². The number of aromatic nitrogens is 2. The molecule has 3 heterocycles. The van der Waals surface area contributed by atoms with Crippen LogP contribution in [-0.2, 0) is 6.42 Å². The Balaban J connectivity index is 2.11. The summed E-state index contributed by atoms with van der Waals surface area (Å²) in [5.74, 6) is 0.668. The molecular weight excluding hydrogens is 306 g/mol. The Morgan fingerprint density at radius 2 is 2.12 bits per heavy atom. The average molecular weight is 323 g/mol. The van der Waals surface area contributed by atoms with E-state index in [0.717, 1.165) is 5.39 Å². The maximum Gasteiger partial charge on any atom is 0.262 e. The van der Waals surface area contributed by atoms with Crippen molar-refractivity contribution < 1.29 is 9.94 Å². The maximum absolute atomic E-state index is 13.1. The fourth-order valence-electron chi connectivity index (χ4n) is 3.29. The zero-order valence-corrected chi connectivity index (χ0v) is 13.4. The highest BCUT2D eigenvalue weighted by atomic mass is 16.5. The first kappa shape index (κ1) is 14.7. The monoisotopic (exact) mass is 323 g/mol. The van der Waals surface area contributed by atoms with Gasteiger partial charge >= 0.3 is 0 Å². The van der Waals surface area contributed by atoms with Gasteiger partial charge in [0, 0.05) is 29.6 Å². The zero-order chi connectivity index (χ0) is 16.8. The number of ether oxygens (including phenoxy) is 1. The number of hydrogen-bond acceptors (Lipinski definition) is 5. The van der Waals surface area contributed by atoms with Gasteiger partial charge in [-0.2, -0.15) is 0 Å². The molecule has 1 atom stereocenters. The standard InChI is InChI=1S/C18H17N3O3/c1-11-9-15-16(21(11)23)14-7-4-8-19-17(14)20(18(15)22)12-5-3-6-13(10-12)24-2/h3-8,10-11,23H,9H2,1-2H3. The van der Waals surface area contributed by atoms with Gasteiger partial charge in [-0.05, 0) is 31.2 Å². The van der Waals surface area contributed by atoms with Crippen molar-refractivity contribution in [3.8, 4) is 11.4 Å². The van der Waals surface area contributed by atoms with Crippen molar-refractivity contribution in [3.63, 3.8) is 0 Å². The first-order valence-electron chi connectivity index (χ1n) is 7.77. The van der Waals surface area contributed by atoms with E-state index in [9.17, 15) is 10.0 Å². The van der Waals surface area contributed by atoms with Crippen LogP contribution in [0.15, 0.2) is 47.4 Å². The second kappa shape index (κ2) is 5.35. The lowest BCUT2D eigenvalue weighted by Gasteiger charge is -2.18. The van der Waals surface area contributed by atoms with Crippen LogP contribution < -0.4 is 15.4 Å². The fraction of sp³-hybridized carbons (Fsp3) is 0.222. The Bertz CT molecular complexity index is 996. The number of methoxy groups -OCH3 is 1. The molecule has 1 aliphatic rings.